The number of anilines is 1. The number of carbonyl (C=O) groups is 2. The van der Waals surface area contributed by atoms with Crippen molar-refractivity contribution in [1.82, 2.24) is 4.90 Å². The topological polar surface area (TPSA) is 61.8 Å². The van der Waals surface area contributed by atoms with Crippen LogP contribution in [0, 0.1) is 20.8 Å². The summed E-state index contributed by atoms with van der Waals surface area (Å²) in [6.45, 7) is 6.13. The first-order valence-electron chi connectivity index (χ1n) is 9.93. The molecule has 2 fully saturated rings. The van der Waals surface area contributed by atoms with Crippen LogP contribution in [0.2, 0.25) is 0 Å². The molecular weight excluding hydrogens is 382 g/mol. The first-order valence-corrected chi connectivity index (χ1v) is 10.8. The molecule has 1 atom stereocenters. The summed E-state index contributed by atoms with van der Waals surface area (Å²) in [4.78, 5) is 32.1. The molecule has 0 aromatic heterocycles. The highest BCUT2D eigenvalue weighted by Gasteiger charge is 2.46. The zero-order valence-electron chi connectivity index (χ0n) is 16.9. The fraction of sp³-hybridized carbons (Fsp3) is 0.348. The lowest BCUT2D eigenvalue weighted by atomic mass is 10.1. The van der Waals surface area contributed by atoms with Gasteiger partial charge in [-0.1, -0.05) is 35.5 Å². The van der Waals surface area contributed by atoms with Crippen LogP contribution >= 0.6 is 11.8 Å². The number of aliphatic imine (C=N–C) groups is 1. The minimum Gasteiger partial charge on any atom is -0.326 e. The van der Waals surface area contributed by atoms with Gasteiger partial charge in [-0.2, -0.15) is 0 Å². The molecule has 1 heterocycles. The highest BCUT2D eigenvalue weighted by molar-refractivity contribution is 8.15. The fourth-order valence-corrected chi connectivity index (χ4v) is 4.50. The quantitative estimate of drug-likeness (QED) is 0.779. The number of rotatable bonds is 5. The van der Waals surface area contributed by atoms with Crippen LogP contribution in [0.5, 0.6) is 0 Å². The third-order valence-electron chi connectivity index (χ3n) is 5.30. The summed E-state index contributed by atoms with van der Waals surface area (Å²) in [6, 6.07) is 13.9. The highest BCUT2D eigenvalue weighted by atomic mass is 32.2. The lowest BCUT2D eigenvalue weighted by molar-refractivity contribution is -0.128. The number of hydrogen-bond acceptors (Lipinski definition) is 4. The summed E-state index contributed by atoms with van der Waals surface area (Å²) in [5, 5.41) is 3.18. The van der Waals surface area contributed by atoms with Crippen molar-refractivity contribution in [2.75, 3.05) is 5.32 Å². The molecule has 2 aromatic carbocycles. The second kappa shape index (κ2) is 8.03. The molecule has 1 N–H and O–H groups in total. The van der Waals surface area contributed by atoms with Gasteiger partial charge in [0.1, 0.15) is 5.25 Å². The zero-order chi connectivity index (χ0) is 20.5. The zero-order valence-corrected chi connectivity index (χ0v) is 17.8. The van der Waals surface area contributed by atoms with Crippen molar-refractivity contribution in [3.63, 3.8) is 0 Å². The van der Waals surface area contributed by atoms with Crippen molar-refractivity contribution >= 4 is 40.1 Å². The fourth-order valence-electron chi connectivity index (χ4n) is 3.28. The van der Waals surface area contributed by atoms with Gasteiger partial charge in [0.05, 0.1) is 5.69 Å². The lowest BCUT2D eigenvalue weighted by Gasteiger charge is -2.15. The molecule has 4 rings (SSSR count). The number of hydrogen-bond donors (Lipinski definition) is 1. The SMILES string of the molecule is Cc1ccc(NC(=O)C[C@@H]2SC(=Nc3ccc(C)c(C)c3)N(C3CC3)C2=O)cc1. The molecular formula is C23H25N3O2S. The third kappa shape index (κ3) is 4.53. The molecule has 29 heavy (non-hydrogen) atoms. The van der Waals surface area contributed by atoms with Crippen molar-refractivity contribution in [2.24, 2.45) is 4.99 Å². The molecule has 2 aromatic rings. The summed E-state index contributed by atoms with van der Waals surface area (Å²) in [5.74, 6) is -0.151. The minimum absolute atomic E-state index is 0.000797. The van der Waals surface area contributed by atoms with E-state index in [4.69, 9.17) is 4.99 Å². The first kappa shape index (κ1) is 19.7. The van der Waals surface area contributed by atoms with Crippen molar-refractivity contribution in [2.45, 2.75) is 51.3 Å². The predicted molar refractivity (Wildman–Crippen MR) is 119 cm³/mol. The Morgan fingerprint density at radius 1 is 1.10 bits per heavy atom. The van der Waals surface area contributed by atoms with Crippen LogP contribution in [-0.4, -0.2) is 33.2 Å². The van der Waals surface area contributed by atoms with Gasteiger partial charge in [-0.05, 0) is 69.0 Å². The van der Waals surface area contributed by atoms with Crippen LogP contribution in [0.1, 0.15) is 36.0 Å². The second-order valence-corrected chi connectivity index (χ2v) is 9.00. The van der Waals surface area contributed by atoms with Crippen LogP contribution in [0.4, 0.5) is 11.4 Å². The number of nitrogens with zero attached hydrogens (tertiary/aromatic N) is 2. The van der Waals surface area contributed by atoms with Crippen molar-refractivity contribution in [3.8, 4) is 0 Å². The maximum absolute atomic E-state index is 13.0. The number of nitrogens with one attached hydrogen (secondary N) is 1. The molecule has 5 nitrogen and oxygen atoms in total. The molecule has 2 amide bonds. The number of amidine groups is 1. The van der Waals surface area contributed by atoms with E-state index in [0.717, 1.165) is 29.8 Å². The van der Waals surface area contributed by atoms with E-state index in [0.29, 0.717) is 5.17 Å². The molecule has 0 unspecified atom stereocenters. The Kier molecular flexibility index (Phi) is 5.46. The number of carbonyl (C=O) groups excluding carboxylic acids is 2. The molecule has 2 aliphatic rings. The van der Waals surface area contributed by atoms with Crippen LogP contribution in [0.3, 0.4) is 0 Å². The van der Waals surface area contributed by atoms with Gasteiger partial charge in [-0.15, -0.1) is 0 Å². The van der Waals surface area contributed by atoms with Crippen molar-refractivity contribution < 1.29 is 9.59 Å². The standard InChI is InChI=1S/C23H25N3O2S/c1-14-4-7-17(8-5-14)24-21(27)13-20-22(28)26(19-10-11-19)23(29-20)25-18-9-6-15(2)16(3)12-18/h4-9,12,19-20H,10-11,13H2,1-3H3,(H,24,27)/t20-/m0/s1. The summed E-state index contributed by atoms with van der Waals surface area (Å²) >= 11 is 1.41. The maximum Gasteiger partial charge on any atom is 0.242 e. The van der Waals surface area contributed by atoms with E-state index in [1.54, 1.807) is 0 Å². The molecule has 1 aliphatic carbocycles. The average molecular weight is 408 g/mol. The second-order valence-electron chi connectivity index (χ2n) is 7.83. The summed E-state index contributed by atoms with van der Waals surface area (Å²) in [5.41, 5.74) is 5.12. The van der Waals surface area contributed by atoms with E-state index in [1.165, 1.54) is 22.9 Å². The van der Waals surface area contributed by atoms with E-state index >= 15 is 0 Å². The first-order chi connectivity index (χ1) is 13.9. The lowest BCUT2D eigenvalue weighted by Crippen LogP contribution is -2.35. The summed E-state index contributed by atoms with van der Waals surface area (Å²) in [7, 11) is 0. The molecule has 0 radical (unpaired) electrons. The average Bonchev–Trinajstić information content (AvgIpc) is 3.46. The Morgan fingerprint density at radius 3 is 2.48 bits per heavy atom. The number of thioether (sulfide) groups is 1. The number of benzene rings is 2. The minimum atomic E-state index is -0.425. The van der Waals surface area contributed by atoms with Gasteiger partial charge in [-0.25, -0.2) is 4.99 Å². The van der Waals surface area contributed by atoms with Crippen LogP contribution in [-0.2, 0) is 9.59 Å². The van der Waals surface area contributed by atoms with Crippen LogP contribution in [0.25, 0.3) is 0 Å². The Hall–Kier alpha value is -2.60. The van der Waals surface area contributed by atoms with Crippen molar-refractivity contribution in [3.05, 3.63) is 59.2 Å². The van der Waals surface area contributed by atoms with E-state index in [2.05, 4.69) is 19.2 Å². The van der Waals surface area contributed by atoms with Gasteiger partial charge >= 0.3 is 0 Å². The summed E-state index contributed by atoms with van der Waals surface area (Å²) < 4.78 is 0. The number of aryl methyl sites for hydroxylation is 3. The predicted octanol–water partition coefficient (Wildman–Crippen LogP) is 4.73. The largest absolute Gasteiger partial charge is 0.326 e. The molecule has 1 aliphatic heterocycles. The summed E-state index contributed by atoms with van der Waals surface area (Å²) in [6.07, 6.45) is 2.15. The third-order valence-corrected chi connectivity index (χ3v) is 6.45. The van der Waals surface area contributed by atoms with Crippen molar-refractivity contribution in [1.29, 1.82) is 0 Å². The van der Waals surface area contributed by atoms with Gasteiger partial charge < -0.3 is 5.32 Å². The molecule has 6 heteroatoms. The van der Waals surface area contributed by atoms with E-state index in [-0.39, 0.29) is 24.3 Å². The van der Waals surface area contributed by atoms with Gasteiger partial charge in [0, 0.05) is 18.2 Å². The van der Waals surface area contributed by atoms with E-state index in [1.807, 2.05) is 54.3 Å². The highest BCUT2D eigenvalue weighted by Crippen LogP contribution is 2.39. The Balaban J connectivity index is 1.49. The molecule has 0 spiro atoms. The maximum atomic E-state index is 13.0. The van der Waals surface area contributed by atoms with Gasteiger partial charge in [0.25, 0.3) is 0 Å². The normalized spacial score (nSPS) is 20.4. The van der Waals surface area contributed by atoms with Crippen LogP contribution in [0.15, 0.2) is 47.5 Å². The van der Waals surface area contributed by atoms with Gasteiger partial charge in [-0.3, -0.25) is 14.5 Å². The Bertz CT molecular complexity index is 980. The van der Waals surface area contributed by atoms with Crippen LogP contribution < -0.4 is 5.32 Å². The molecule has 150 valence electrons. The van der Waals surface area contributed by atoms with Gasteiger partial charge in [0.15, 0.2) is 5.17 Å². The smallest absolute Gasteiger partial charge is 0.242 e. The molecule has 0 bridgehead atoms. The Morgan fingerprint density at radius 2 is 1.83 bits per heavy atom. The number of amides is 2. The monoisotopic (exact) mass is 407 g/mol. The molecule has 1 saturated carbocycles. The van der Waals surface area contributed by atoms with E-state index in [9.17, 15) is 9.59 Å². The Labute approximate surface area is 175 Å². The molecule has 1 saturated heterocycles. The van der Waals surface area contributed by atoms with Gasteiger partial charge in [0.2, 0.25) is 11.8 Å². The van der Waals surface area contributed by atoms with E-state index < -0.39 is 5.25 Å².